The molecule has 0 radical (unpaired) electrons. The van der Waals surface area contributed by atoms with Gasteiger partial charge in [-0.15, -0.1) is 0 Å². The van der Waals surface area contributed by atoms with E-state index < -0.39 is 115 Å². The van der Waals surface area contributed by atoms with Crippen LogP contribution in [0.5, 0.6) is 0 Å². The van der Waals surface area contributed by atoms with Crippen molar-refractivity contribution in [3.63, 3.8) is 0 Å². The Morgan fingerprint density at radius 2 is 1.56 bits per heavy atom. The standard InChI is InChI=1S/C35H45N11O12S/c1-16(15-59)41-31(53)24(11-26(49)50)44-30(52)22(36)14-39-25(48)9-4-18(33(55)56)10-21(47)7-8-23(34(57)58)43-29(51)17-2-5-19(6-3-17)38-12-20-13-40-28-27(42-20)32(54)46-35(37)45-28/h2-3,5-6,13,16,18,22-24,38,59H,4,7-12,14-15,36H2,1H3,(H,39,48)(H,41,53)(H,43,51)(H,44,52)(H,49,50)(H,55,56)(H,57,58)(H3,37,40,45,46,54)/t16-,18+,22+,23+,24+/m1/s1. The van der Waals surface area contributed by atoms with Crippen molar-refractivity contribution in [3.05, 3.63) is 52.1 Å². The highest BCUT2D eigenvalue weighted by atomic mass is 32.1. The van der Waals surface area contributed by atoms with Gasteiger partial charge in [-0.1, -0.05) is 0 Å². The van der Waals surface area contributed by atoms with Gasteiger partial charge in [-0.2, -0.15) is 17.6 Å². The second kappa shape index (κ2) is 22.3. The van der Waals surface area contributed by atoms with Crippen LogP contribution in [0.1, 0.15) is 61.5 Å². The molecule has 5 atom stereocenters. The first-order valence-corrected chi connectivity index (χ1v) is 18.6. The lowest BCUT2D eigenvalue weighted by Gasteiger charge is -2.21. The number of nitrogens with one attached hydrogen (secondary N) is 6. The Labute approximate surface area is 340 Å². The summed E-state index contributed by atoms with van der Waals surface area (Å²) in [7, 11) is 0. The van der Waals surface area contributed by atoms with Crippen LogP contribution in [-0.2, 0) is 40.1 Å². The third-order valence-electron chi connectivity index (χ3n) is 8.50. The smallest absolute Gasteiger partial charge is 0.326 e. The van der Waals surface area contributed by atoms with E-state index in [0.29, 0.717) is 11.4 Å². The summed E-state index contributed by atoms with van der Waals surface area (Å²) in [5.41, 5.74) is 11.9. The van der Waals surface area contributed by atoms with Gasteiger partial charge in [0.2, 0.25) is 23.7 Å². The number of carboxylic acid groups (broad SMARTS) is 3. The Balaban J connectivity index is 1.44. The Kier molecular flexibility index (Phi) is 17.6. The summed E-state index contributed by atoms with van der Waals surface area (Å²) >= 11 is 4.03. The minimum atomic E-state index is -1.50. The van der Waals surface area contributed by atoms with Gasteiger partial charge in [0.1, 0.15) is 23.9 Å². The van der Waals surface area contributed by atoms with E-state index >= 15 is 0 Å². The number of fused-ring (bicyclic) bond motifs is 1. The van der Waals surface area contributed by atoms with Crippen molar-refractivity contribution < 1.29 is 53.7 Å². The molecule has 0 aliphatic heterocycles. The Hall–Kier alpha value is -6.69. The number of nitrogens with two attached hydrogens (primary N) is 2. The molecule has 0 saturated heterocycles. The number of H-pyrrole nitrogens is 1. The lowest BCUT2D eigenvalue weighted by molar-refractivity contribution is -0.144. The quantitative estimate of drug-likeness (QED) is 0.0440. The number of aromatic nitrogens is 4. The molecule has 318 valence electrons. The van der Waals surface area contributed by atoms with Crippen molar-refractivity contribution in [2.24, 2.45) is 11.7 Å². The second-order valence-corrected chi connectivity index (χ2v) is 13.7. The first kappa shape index (κ1) is 46.7. The molecular weight excluding hydrogens is 799 g/mol. The largest absolute Gasteiger partial charge is 0.481 e. The fourth-order valence-corrected chi connectivity index (χ4v) is 5.34. The highest BCUT2D eigenvalue weighted by molar-refractivity contribution is 7.80. The highest BCUT2D eigenvalue weighted by Crippen LogP contribution is 2.16. The number of aromatic amines is 1. The Morgan fingerprint density at radius 3 is 2.19 bits per heavy atom. The summed E-state index contributed by atoms with van der Waals surface area (Å²) in [5.74, 6) is -9.15. The monoisotopic (exact) mass is 843 g/mol. The van der Waals surface area contributed by atoms with Crippen LogP contribution in [0.3, 0.4) is 0 Å². The number of carboxylic acids is 3. The zero-order chi connectivity index (χ0) is 43.8. The van der Waals surface area contributed by atoms with Gasteiger partial charge in [0, 0.05) is 48.9 Å². The number of carbonyl (C=O) groups excluding carboxylic acids is 5. The first-order valence-electron chi connectivity index (χ1n) is 18.0. The summed E-state index contributed by atoms with van der Waals surface area (Å²) in [4.78, 5) is 125. The molecule has 3 aromatic rings. The van der Waals surface area contributed by atoms with E-state index in [1.54, 1.807) is 19.1 Å². The molecule has 2 aromatic heterocycles. The molecule has 0 spiro atoms. The number of hydrogen-bond donors (Lipinski definition) is 12. The van der Waals surface area contributed by atoms with Crippen LogP contribution in [0.15, 0.2) is 35.3 Å². The number of benzene rings is 1. The number of carbonyl (C=O) groups is 8. The topological polar surface area (TPSA) is 381 Å². The van der Waals surface area contributed by atoms with Gasteiger partial charge < -0.3 is 53.4 Å². The molecule has 4 amide bonds. The third-order valence-corrected chi connectivity index (χ3v) is 9.04. The molecule has 0 bridgehead atoms. The summed E-state index contributed by atoms with van der Waals surface area (Å²) in [6.45, 7) is 1.32. The van der Waals surface area contributed by atoms with Gasteiger partial charge in [-0.05, 0) is 44.0 Å². The van der Waals surface area contributed by atoms with E-state index in [0.717, 1.165) is 0 Å². The van der Waals surface area contributed by atoms with E-state index in [4.69, 9.17) is 16.6 Å². The molecule has 3 rings (SSSR count). The lowest BCUT2D eigenvalue weighted by atomic mass is 9.94. The van der Waals surface area contributed by atoms with E-state index in [9.17, 15) is 53.4 Å². The zero-order valence-electron chi connectivity index (χ0n) is 31.6. The normalized spacial score (nSPS) is 13.5. The zero-order valence-corrected chi connectivity index (χ0v) is 32.5. The molecule has 0 fully saturated rings. The van der Waals surface area contributed by atoms with Gasteiger partial charge in [-0.3, -0.25) is 43.3 Å². The minimum Gasteiger partial charge on any atom is -0.481 e. The van der Waals surface area contributed by atoms with Gasteiger partial charge in [0.25, 0.3) is 11.5 Å². The number of hydrogen-bond acceptors (Lipinski definition) is 16. The van der Waals surface area contributed by atoms with E-state index in [2.05, 4.69) is 59.1 Å². The number of nitrogen functional groups attached to an aromatic ring is 1. The number of ketones is 1. The molecule has 24 heteroatoms. The molecule has 1 aromatic carbocycles. The van der Waals surface area contributed by atoms with Crippen LogP contribution >= 0.6 is 12.6 Å². The molecule has 2 heterocycles. The van der Waals surface area contributed by atoms with Crippen molar-refractivity contribution in [2.45, 2.75) is 76.2 Å². The average Bonchev–Trinajstić information content (AvgIpc) is 3.18. The van der Waals surface area contributed by atoms with Crippen LogP contribution in [0, 0.1) is 5.92 Å². The molecule has 0 aliphatic carbocycles. The summed E-state index contributed by atoms with van der Waals surface area (Å²) in [6, 6.07) is 1.16. The van der Waals surface area contributed by atoms with Crippen molar-refractivity contribution in [2.75, 3.05) is 23.3 Å². The van der Waals surface area contributed by atoms with Crippen LogP contribution in [0.4, 0.5) is 11.6 Å². The van der Waals surface area contributed by atoms with Crippen molar-refractivity contribution in [1.29, 1.82) is 0 Å². The minimum absolute atomic E-state index is 0.00281. The third kappa shape index (κ3) is 15.3. The summed E-state index contributed by atoms with van der Waals surface area (Å²) < 4.78 is 0. The number of Topliss-reactive ketones (excluding diaryl/α,β-unsaturated/α-hetero) is 1. The van der Waals surface area contributed by atoms with Crippen molar-refractivity contribution in [1.82, 2.24) is 41.2 Å². The average molecular weight is 844 g/mol. The van der Waals surface area contributed by atoms with E-state index in [1.807, 2.05) is 0 Å². The molecule has 23 nitrogen and oxygen atoms in total. The molecule has 0 saturated carbocycles. The summed E-state index contributed by atoms with van der Waals surface area (Å²) in [6.07, 6.45) is -1.31. The second-order valence-electron chi connectivity index (χ2n) is 13.3. The number of amides is 4. The number of aliphatic carboxylic acids is 3. The van der Waals surface area contributed by atoms with Gasteiger partial charge >= 0.3 is 17.9 Å². The first-order chi connectivity index (χ1) is 27.9. The predicted octanol–water partition coefficient (Wildman–Crippen LogP) is -1.85. The fraction of sp³-hybridized carbons (Fsp3) is 0.429. The van der Waals surface area contributed by atoms with Crippen LogP contribution < -0.4 is 43.6 Å². The molecular formula is C35H45N11O12S. The molecule has 59 heavy (non-hydrogen) atoms. The van der Waals surface area contributed by atoms with Gasteiger partial charge in [0.15, 0.2) is 11.2 Å². The van der Waals surface area contributed by atoms with Crippen molar-refractivity contribution in [3.8, 4) is 0 Å². The van der Waals surface area contributed by atoms with Crippen LogP contribution in [0.25, 0.3) is 11.2 Å². The predicted molar refractivity (Wildman–Crippen MR) is 211 cm³/mol. The molecule has 0 aliphatic rings. The number of nitrogens with zero attached hydrogens (tertiary/aromatic N) is 3. The van der Waals surface area contributed by atoms with Crippen molar-refractivity contribution >= 4 is 82.7 Å². The fourth-order valence-electron chi connectivity index (χ4n) is 5.24. The Bertz CT molecular complexity index is 2100. The summed E-state index contributed by atoms with van der Waals surface area (Å²) in [5, 5.41) is 40.9. The lowest BCUT2D eigenvalue weighted by Crippen LogP contribution is -2.55. The maximum Gasteiger partial charge on any atom is 0.326 e. The van der Waals surface area contributed by atoms with Crippen LogP contribution in [0.2, 0.25) is 0 Å². The maximum atomic E-state index is 12.9. The molecule has 13 N–H and O–H groups in total. The highest BCUT2D eigenvalue weighted by Gasteiger charge is 2.28. The van der Waals surface area contributed by atoms with Crippen LogP contribution in [-0.4, -0.2) is 119 Å². The number of thiol groups is 1. The van der Waals surface area contributed by atoms with E-state index in [1.165, 1.54) is 18.3 Å². The number of anilines is 2. The van der Waals surface area contributed by atoms with Gasteiger partial charge in [-0.25, -0.2) is 14.8 Å². The van der Waals surface area contributed by atoms with Gasteiger partial charge in [0.05, 0.1) is 30.8 Å². The number of rotatable bonds is 24. The maximum absolute atomic E-state index is 12.9. The van der Waals surface area contributed by atoms with E-state index in [-0.39, 0.29) is 47.8 Å². The SMILES string of the molecule is C[C@H](CS)NC(=O)[C@H](CC(=O)O)NC(=O)[C@@H](N)CNC(=O)CC[C@@H](CC(=O)CC[C@H](NC(=O)c1ccc(NCc2cnc3nc(N)[nH]c(=O)c3n2)cc1)C(=O)O)C(=O)O. The molecule has 0 unspecified atom stereocenters. The Morgan fingerprint density at radius 1 is 0.864 bits per heavy atom.